The third-order valence-electron chi connectivity index (χ3n) is 3.67. The lowest BCUT2D eigenvalue weighted by atomic mass is 10.2. The molecule has 1 N–H and O–H groups in total. The van der Waals surface area contributed by atoms with Crippen LogP contribution in [0.25, 0.3) is 10.9 Å². The van der Waals surface area contributed by atoms with E-state index in [1.165, 1.54) is 4.57 Å². The standard InChI is InChI=1S/C16H12N2O4/c19-15-11-3-1-2-4-12(11)17-16(20)18(15)8-10-5-6-13-14(7-10)22-9-21-13/h1-7H,8-9H2,(H,17,20). The molecule has 2 heterocycles. The largest absolute Gasteiger partial charge is 0.454 e. The van der Waals surface area contributed by atoms with Gasteiger partial charge in [0, 0.05) is 0 Å². The number of fused-ring (bicyclic) bond motifs is 2. The first-order valence-corrected chi connectivity index (χ1v) is 6.83. The van der Waals surface area contributed by atoms with Crippen LogP contribution >= 0.6 is 0 Å². The maximum atomic E-state index is 12.5. The highest BCUT2D eigenvalue weighted by Gasteiger charge is 2.14. The van der Waals surface area contributed by atoms with Gasteiger partial charge in [-0.25, -0.2) is 4.79 Å². The first kappa shape index (κ1) is 12.7. The first-order valence-electron chi connectivity index (χ1n) is 6.83. The van der Waals surface area contributed by atoms with Gasteiger partial charge in [0.05, 0.1) is 17.4 Å². The maximum absolute atomic E-state index is 12.5. The van der Waals surface area contributed by atoms with Crippen LogP contribution in [0.15, 0.2) is 52.1 Å². The van der Waals surface area contributed by atoms with Crippen molar-refractivity contribution in [3.63, 3.8) is 0 Å². The fraction of sp³-hybridized carbons (Fsp3) is 0.125. The maximum Gasteiger partial charge on any atom is 0.329 e. The zero-order valence-electron chi connectivity index (χ0n) is 11.5. The minimum absolute atomic E-state index is 0.176. The van der Waals surface area contributed by atoms with Crippen LogP contribution in [-0.4, -0.2) is 16.3 Å². The molecule has 6 heteroatoms. The van der Waals surface area contributed by atoms with Gasteiger partial charge in [0.2, 0.25) is 6.79 Å². The highest BCUT2D eigenvalue weighted by Crippen LogP contribution is 2.32. The lowest BCUT2D eigenvalue weighted by Crippen LogP contribution is -2.35. The molecule has 1 aromatic heterocycles. The summed E-state index contributed by atoms with van der Waals surface area (Å²) in [5, 5.41) is 0.489. The van der Waals surface area contributed by atoms with Crippen molar-refractivity contribution in [2.75, 3.05) is 6.79 Å². The summed E-state index contributed by atoms with van der Waals surface area (Å²) in [6.07, 6.45) is 0. The van der Waals surface area contributed by atoms with Gasteiger partial charge in [-0.3, -0.25) is 9.36 Å². The summed E-state index contributed by atoms with van der Waals surface area (Å²) in [4.78, 5) is 27.3. The highest BCUT2D eigenvalue weighted by atomic mass is 16.7. The molecule has 0 amide bonds. The number of ether oxygens (including phenoxy) is 2. The van der Waals surface area contributed by atoms with Crippen molar-refractivity contribution in [2.45, 2.75) is 6.54 Å². The zero-order valence-corrected chi connectivity index (χ0v) is 11.5. The molecule has 0 unspecified atom stereocenters. The van der Waals surface area contributed by atoms with Crippen molar-refractivity contribution in [3.8, 4) is 11.5 Å². The number of nitrogens with one attached hydrogen (secondary N) is 1. The molecule has 0 atom stereocenters. The second kappa shape index (κ2) is 4.77. The normalized spacial score (nSPS) is 12.7. The minimum atomic E-state index is -0.429. The van der Waals surface area contributed by atoms with Gasteiger partial charge in [0.1, 0.15) is 0 Å². The van der Waals surface area contributed by atoms with E-state index in [9.17, 15) is 9.59 Å². The summed E-state index contributed by atoms with van der Waals surface area (Å²) in [5.74, 6) is 1.30. The van der Waals surface area contributed by atoms with Gasteiger partial charge in [-0.1, -0.05) is 18.2 Å². The van der Waals surface area contributed by atoms with E-state index >= 15 is 0 Å². The van der Waals surface area contributed by atoms with Crippen LogP contribution in [0, 0.1) is 0 Å². The van der Waals surface area contributed by atoms with Crippen LogP contribution in [0.5, 0.6) is 11.5 Å². The zero-order chi connectivity index (χ0) is 15.1. The Morgan fingerprint density at radius 2 is 1.86 bits per heavy atom. The van der Waals surface area contributed by atoms with E-state index in [2.05, 4.69) is 4.98 Å². The lowest BCUT2D eigenvalue weighted by molar-refractivity contribution is 0.174. The number of hydrogen-bond donors (Lipinski definition) is 1. The van der Waals surface area contributed by atoms with Crippen LogP contribution in [0.3, 0.4) is 0 Å². The second-order valence-corrected chi connectivity index (χ2v) is 5.05. The molecule has 110 valence electrons. The quantitative estimate of drug-likeness (QED) is 0.777. The topological polar surface area (TPSA) is 73.3 Å². The number of aromatic amines is 1. The number of rotatable bonds is 2. The summed E-state index contributed by atoms with van der Waals surface area (Å²) in [6, 6.07) is 12.3. The molecular weight excluding hydrogens is 284 g/mol. The smallest absolute Gasteiger partial charge is 0.329 e. The average molecular weight is 296 g/mol. The van der Waals surface area contributed by atoms with Crippen LogP contribution in [0.2, 0.25) is 0 Å². The molecule has 0 spiro atoms. The van der Waals surface area contributed by atoms with Crippen LogP contribution in [0.4, 0.5) is 0 Å². The predicted octanol–water partition coefficient (Wildman–Crippen LogP) is 1.47. The van der Waals surface area contributed by atoms with Gasteiger partial charge in [0.25, 0.3) is 5.56 Å². The first-order chi connectivity index (χ1) is 10.7. The van der Waals surface area contributed by atoms with Gasteiger partial charge in [0.15, 0.2) is 11.5 Å². The Labute approximate surface area is 124 Å². The Balaban J connectivity index is 1.82. The summed E-state index contributed by atoms with van der Waals surface area (Å²) in [6.45, 7) is 0.366. The molecule has 0 saturated heterocycles. The molecule has 0 bridgehead atoms. The lowest BCUT2D eigenvalue weighted by Gasteiger charge is -2.07. The van der Waals surface area contributed by atoms with Crippen LogP contribution in [-0.2, 0) is 6.54 Å². The van der Waals surface area contributed by atoms with Gasteiger partial charge >= 0.3 is 5.69 Å². The Morgan fingerprint density at radius 1 is 1.05 bits per heavy atom. The molecule has 0 fully saturated rings. The molecule has 0 saturated carbocycles. The monoisotopic (exact) mass is 296 g/mol. The van der Waals surface area contributed by atoms with Crippen molar-refractivity contribution < 1.29 is 9.47 Å². The molecule has 1 aliphatic heterocycles. The van der Waals surface area contributed by atoms with Crippen molar-refractivity contribution in [1.29, 1.82) is 0 Å². The highest BCUT2D eigenvalue weighted by molar-refractivity contribution is 5.76. The third kappa shape index (κ3) is 1.96. The number of hydrogen-bond acceptors (Lipinski definition) is 4. The molecule has 6 nitrogen and oxygen atoms in total. The van der Waals surface area contributed by atoms with E-state index in [-0.39, 0.29) is 18.9 Å². The number of benzene rings is 2. The van der Waals surface area contributed by atoms with Gasteiger partial charge < -0.3 is 14.5 Å². The Hall–Kier alpha value is -3.02. The van der Waals surface area contributed by atoms with E-state index in [0.29, 0.717) is 22.4 Å². The molecule has 22 heavy (non-hydrogen) atoms. The van der Waals surface area contributed by atoms with E-state index in [0.717, 1.165) is 5.56 Å². The third-order valence-corrected chi connectivity index (χ3v) is 3.67. The van der Waals surface area contributed by atoms with Crippen molar-refractivity contribution >= 4 is 10.9 Å². The summed E-state index contributed by atoms with van der Waals surface area (Å²) in [7, 11) is 0. The molecule has 0 radical (unpaired) electrons. The predicted molar refractivity (Wildman–Crippen MR) is 80.5 cm³/mol. The fourth-order valence-electron chi connectivity index (χ4n) is 2.56. The molecule has 3 aromatic rings. The Kier molecular flexibility index (Phi) is 2.75. The van der Waals surface area contributed by atoms with Crippen molar-refractivity contribution in [2.24, 2.45) is 0 Å². The average Bonchev–Trinajstić information content (AvgIpc) is 2.99. The molecular formula is C16H12N2O4. The number of para-hydroxylation sites is 1. The van der Waals surface area contributed by atoms with Crippen LogP contribution < -0.4 is 20.7 Å². The minimum Gasteiger partial charge on any atom is -0.454 e. The van der Waals surface area contributed by atoms with Crippen molar-refractivity contribution in [1.82, 2.24) is 9.55 Å². The van der Waals surface area contributed by atoms with E-state index in [4.69, 9.17) is 9.47 Å². The SMILES string of the molecule is O=c1[nH]c2ccccc2c(=O)n1Cc1ccc2c(c1)OCO2. The second-order valence-electron chi connectivity index (χ2n) is 5.05. The molecule has 2 aromatic carbocycles. The fourth-order valence-corrected chi connectivity index (χ4v) is 2.56. The van der Waals surface area contributed by atoms with E-state index in [1.807, 2.05) is 6.07 Å². The number of H-pyrrole nitrogens is 1. The van der Waals surface area contributed by atoms with E-state index in [1.54, 1.807) is 36.4 Å². The summed E-state index contributed by atoms with van der Waals surface area (Å²) >= 11 is 0. The van der Waals surface area contributed by atoms with Crippen LogP contribution in [0.1, 0.15) is 5.56 Å². The van der Waals surface area contributed by atoms with E-state index < -0.39 is 5.69 Å². The van der Waals surface area contributed by atoms with Crippen molar-refractivity contribution in [3.05, 3.63) is 68.9 Å². The van der Waals surface area contributed by atoms with Gasteiger partial charge in [-0.15, -0.1) is 0 Å². The van der Waals surface area contributed by atoms with Gasteiger partial charge in [-0.05, 0) is 29.8 Å². The van der Waals surface area contributed by atoms with Gasteiger partial charge in [-0.2, -0.15) is 0 Å². The molecule has 1 aliphatic rings. The number of nitrogens with zero attached hydrogens (tertiary/aromatic N) is 1. The Morgan fingerprint density at radius 3 is 2.77 bits per heavy atom. The Bertz CT molecular complexity index is 987. The molecule has 0 aliphatic carbocycles. The number of aromatic nitrogens is 2. The molecule has 4 rings (SSSR count). The summed E-state index contributed by atoms with van der Waals surface area (Å²) in [5.41, 5.74) is 0.602. The summed E-state index contributed by atoms with van der Waals surface area (Å²) < 4.78 is 11.7.